The summed E-state index contributed by atoms with van der Waals surface area (Å²) in [7, 11) is 0. The summed E-state index contributed by atoms with van der Waals surface area (Å²) < 4.78 is 5.53. The van der Waals surface area contributed by atoms with Crippen LogP contribution in [0.5, 0.6) is 5.75 Å². The Bertz CT molecular complexity index is 701. The van der Waals surface area contributed by atoms with Crippen LogP contribution in [0.1, 0.15) is 29.4 Å². The molecule has 6 nitrogen and oxygen atoms in total. The van der Waals surface area contributed by atoms with Gasteiger partial charge in [0.25, 0.3) is 0 Å². The third-order valence-electron chi connectivity index (χ3n) is 4.71. The number of aliphatic hydroxyl groups excluding tert-OH is 2. The van der Waals surface area contributed by atoms with Crippen LogP contribution < -0.4 is 4.74 Å². The Hall–Kier alpha value is -1.89. The Balaban J connectivity index is 1.62. The maximum Gasteiger partial charge on any atom is 0.124 e. The Morgan fingerprint density at radius 3 is 2.84 bits per heavy atom. The maximum atomic E-state index is 10.4. The minimum absolute atomic E-state index is 0.0348. The zero-order chi connectivity index (χ0) is 17.8. The highest BCUT2D eigenvalue weighted by molar-refractivity contribution is 5.37. The minimum atomic E-state index is -0.336. The maximum absolute atomic E-state index is 10.4. The Morgan fingerprint density at radius 2 is 2.16 bits per heavy atom. The van der Waals surface area contributed by atoms with E-state index in [0.29, 0.717) is 13.2 Å². The van der Waals surface area contributed by atoms with Crippen LogP contribution in [0.25, 0.3) is 0 Å². The largest absolute Gasteiger partial charge is 0.494 e. The average Bonchev–Trinajstić information content (AvgIpc) is 3.15. The molecule has 2 atom stereocenters. The number of ether oxygens (including phenoxy) is 1. The van der Waals surface area contributed by atoms with Gasteiger partial charge in [0.2, 0.25) is 0 Å². The van der Waals surface area contributed by atoms with Gasteiger partial charge in [-0.1, -0.05) is 6.07 Å². The number of hydrogen-bond donors (Lipinski definition) is 3. The van der Waals surface area contributed by atoms with Crippen molar-refractivity contribution in [3.05, 3.63) is 46.8 Å². The topological polar surface area (TPSA) is 81.6 Å². The molecule has 1 aliphatic heterocycles. The van der Waals surface area contributed by atoms with Crippen molar-refractivity contribution in [3.8, 4) is 5.75 Å². The molecule has 2 unspecified atom stereocenters. The molecule has 2 heterocycles. The molecule has 3 rings (SSSR count). The number of rotatable bonds is 7. The van der Waals surface area contributed by atoms with Gasteiger partial charge in [0, 0.05) is 36.8 Å². The first-order valence-corrected chi connectivity index (χ1v) is 8.85. The van der Waals surface area contributed by atoms with Crippen molar-refractivity contribution >= 4 is 0 Å². The third-order valence-corrected chi connectivity index (χ3v) is 4.71. The van der Waals surface area contributed by atoms with Gasteiger partial charge in [-0.2, -0.15) is 5.10 Å². The average molecular weight is 345 g/mol. The van der Waals surface area contributed by atoms with Crippen LogP contribution in [0.15, 0.2) is 24.3 Å². The predicted octanol–water partition coefficient (Wildman–Crippen LogP) is 1.64. The summed E-state index contributed by atoms with van der Waals surface area (Å²) in [5.74, 6) is 0.935. The highest BCUT2D eigenvalue weighted by atomic mass is 16.5. The summed E-state index contributed by atoms with van der Waals surface area (Å²) in [5, 5.41) is 27.1. The molecule has 1 aromatic heterocycles. The lowest BCUT2D eigenvalue weighted by atomic mass is 10.0. The number of nitrogens with zero attached hydrogens (tertiary/aromatic N) is 2. The first-order valence-electron chi connectivity index (χ1n) is 8.85. The molecule has 0 radical (unpaired) electrons. The molecule has 1 saturated heterocycles. The van der Waals surface area contributed by atoms with Crippen LogP contribution in [0.3, 0.4) is 0 Å². The summed E-state index contributed by atoms with van der Waals surface area (Å²) in [5.41, 5.74) is 3.98. The van der Waals surface area contributed by atoms with Crippen molar-refractivity contribution in [2.45, 2.75) is 39.5 Å². The fourth-order valence-electron chi connectivity index (χ4n) is 3.53. The molecule has 6 heteroatoms. The summed E-state index contributed by atoms with van der Waals surface area (Å²) in [6.45, 7) is 6.73. The summed E-state index contributed by atoms with van der Waals surface area (Å²) in [4.78, 5) is 2.26. The monoisotopic (exact) mass is 345 g/mol. The van der Waals surface area contributed by atoms with Crippen LogP contribution in [-0.4, -0.2) is 51.1 Å². The van der Waals surface area contributed by atoms with Crippen molar-refractivity contribution in [2.75, 3.05) is 19.7 Å². The van der Waals surface area contributed by atoms with E-state index in [4.69, 9.17) is 4.74 Å². The highest BCUT2D eigenvalue weighted by Crippen LogP contribution is 2.25. The Morgan fingerprint density at radius 1 is 1.32 bits per heavy atom. The Labute approximate surface area is 148 Å². The SMILES string of the molecule is CCOc1ccc(CN2CC(O)C(Cc3cc(C)[nH]n3)C2)cc1CO. The van der Waals surface area contributed by atoms with Crippen LogP contribution in [-0.2, 0) is 19.6 Å². The molecule has 0 bridgehead atoms. The summed E-state index contributed by atoms with van der Waals surface area (Å²) in [6, 6.07) is 7.97. The number of H-pyrrole nitrogens is 1. The molecule has 1 aromatic carbocycles. The van der Waals surface area contributed by atoms with E-state index in [1.54, 1.807) is 0 Å². The van der Waals surface area contributed by atoms with Crippen molar-refractivity contribution in [1.29, 1.82) is 0 Å². The molecule has 136 valence electrons. The van der Waals surface area contributed by atoms with Crippen LogP contribution >= 0.6 is 0 Å². The number of aliphatic hydroxyl groups is 2. The number of aryl methyl sites for hydroxylation is 1. The van der Waals surface area contributed by atoms with Crippen molar-refractivity contribution in [2.24, 2.45) is 5.92 Å². The van der Waals surface area contributed by atoms with E-state index < -0.39 is 0 Å². The molecule has 0 amide bonds. The number of benzene rings is 1. The van der Waals surface area contributed by atoms with Crippen LogP contribution in [0.2, 0.25) is 0 Å². The van der Waals surface area contributed by atoms with E-state index in [1.165, 1.54) is 0 Å². The van der Waals surface area contributed by atoms with Crippen LogP contribution in [0, 0.1) is 12.8 Å². The number of nitrogens with one attached hydrogen (secondary N) is 1. The third kappa shape index (κ3) is 4.39. The molecular weight excluding hydrogens is 318 g/mol. The standard InChI is InChI=1S/C19H27N3O3/c1-3-25-19-5-4-14(7-16(19)12-23)9-22-10-15(18(24)11-22)8-17-6-13(2)20-21-17/h4-7,15,18,23-24H,3,8-12H2,1-2H3,(H,20,21). The molecule has 0 spiro atoms. The second-order valence-corrected chi connectivity index (χ2v) is 6.80. The van der Waals surface area contributed by atoms with Gasteiger partial charge >= 0.3 is 0 Å². The van der Waals surface area contributed by atoms with E-state index in [9.17, 15) is 10.2 Å². The highest BCUT2D eigenvalue weighted by Gasteiger charge is 2.31. The quantitative estimate of drug-likeness (QED) is 0.711. The molecular formula is C19H27N3O3. The molecule has 1 fully saturated rings. The zero-order valence-electron chi connectivity index (χ0n) is 14.9. The number of aromatic amines is 1. The van der Waals surface area contributed by atoms with Gasteiger partial charge < -0.3 is 14.9 Å². The molecule has 1 aliphatic rings. The van der Waals surface area contributed by atoms with Gasteiger partial charge in [0.1, 0.15) is 5.75 Å². The normalized spacial score (nSPS) is 21.0. The lowest BCUT2D eigenvalue weighted by molar-refractivity contribution is 0.140. The smallest absolute Gasteiger partial charge is 0.124 e. The van der Waals surface area contributed by atoms with Gasteiger partial charge in [-0.05, 0) is 44.0 Å². The van der Waals surface area contributed by atoms with E-state index in [-0.39, 0.29) is 18.6 Å². The first-order chi connectivity index (χ1) is 12.1. The second kappa shape index (κ2) is 7.99. The lowest BCUT2D eigenvalue weighted by Crippen LogP contribution is -2.21. The first kappa shape index (κ1) is 17.9. The molecule has 0 saturated carbocycles. The van der Waals surface area contributed by atoms with Gasteiger partial charge in [0.15, 0.2) is 0 Å². The number of hydrogen-bond acceptors (Lipinski definition) is 5. The van der Waals surface area contributed by atoms with Crippen molar-refractivity contribution < 1.29 is 14.9 Å². The predicted molar refractivity (Wildman–Crippen MR) is 95.3 cm³/mol. The Kier molecular flexibility index (Phi) is 5.73. The molecule has 0 aliphatic carbocycles. The molecule has 2 aromatic rings. The van der Waals surface area contributed by atoms with Gasteiger partial charge in [0.05, 0.1) is 25.0 Å². The lowest BCUT2D eigenvalue weighted by Gasteiger charge is -2.17. The van der Waals surface area contributed by atoms with E-state index in [2.05, 4.69) is 15.1 Å². The zero-order valence-corrected chi connectivity index (χ0v) is 14.9. The summed E-state index contributed by atoms with van der Waals surface area (Å²) >= 11 is 0. The fraction of sp³-hybridized carbons (Fsp3) is 0.526. The number of β-amino-alcohol motifs (C(OH)–C–C–N with tert-alkyl or cyclic N) is 1. The summed E-state index contributed by atoms with van der Waals surface area (Å²) in [6.07, 6.45) is 0.449. The van der Waals surface area contributed by atoms with E-state index >= 15 is 0 Å². The van der Waals surface area contributed by atoms with Gasteiger partial charge in [-0.15, -0.1) is 0 Å². The number of likely N-dealkylation sites (tertiary alicyclic amines) is 1. The second-order valence-electron chi connectivity index (χ2n) is 6.80. The van der Waals surface area contributed by atoms with Crippen molar-refractivity contribution in [3.63, 3.8) is 0 Å². The molecule has 25 heavy (non-hydrogen) atoms. The minimum Gasteiger partial charge on any atom is -0.494 e. The number of aromatic nitrogens is 2. The van der Waals surface area contributed by atoms with Crippen molar-refractivity contribution in [1.82, 2.24) is 15.1 Å². The van der Waals surface area contributed by atoms with Gasteiger partial charge in [-0.25, -0.2) is 0 Å². The fourth-order valence-corrected chi connectivity index (χ4v) is 3.53. The van der Waals surface area contributed by atoms with E-state index in [1.807, 2.05) is 38.1 Å². The van der Waals surface area contributed by atoms with E-state index in [0.717, 1.165) is 47.8 Å². The van der Waals surface area contributed by atoms with Gasteiger partial charge in [-0.3, -0.25) is 10.00 Å². The van der Waals surface area contributed by atoms with Crippen LogP contribution in [0.4, 0.5) is 0 Å². The molecule has 3 N–H and O–H groups in total.